The minimum Gasteiger partial charge on any atom is -0.469 e. The molecule has 0 aromatic heterocycles. The van der Waals surface area contributed by atoms with E-state index in [0.717, 1.165) is 24.8 Å². The molecule has 0 aliphatic heterocycles. The minimum atomic E-state index is -0.931. The maximum atomic E-state index is 12.7. The minimum absolute atomic E-state index is 0.0940. The van der Waals surface area contributed by atoms with E-state index in [1.165, 1.54) is 27.4 Å². The fraction of sp³-hybridized carbons (Fsp3) is 0.520. The van der Waals surface area contributed by atoms with E-state index in [1.54, 1.807) is 24.3 Å². The summed E-state index contributed by atoms with van der Waals surface area (Å²) in [6.07, 6.45) is 14.4. The average Bonchev–Trinajstić information content (AvgIpc) is 3.02. The lowest BCUT2D eigenvalue weighted by Crippen LogP contribution is -2.21. The van der Waals surface area contributed by atoms with Crippen LogP contribution >= 0.6 is 0 Å². The predicted octanol–water partition coefficient (Wildman–Crippen LogP) is 4.32. The van der Waals surface area contributed by atoms with Crippen LogP contribution in [0, 0.1) is 0 Å². The number of ether oxygens (including phenoxy) is 3. The normalized spacial score (nSPS) is 18.2. The Kier molecular flexibility index (Phi) is 12.6. The number of allylic oxidation sites excluding steroid dienone is 5. The van der Waals surface area contributed by atoms with Crippen molar-refractivity contribution in [3.63, 3.8) is 0 Å². The summed E-state index contributed by atoms with van der Waals surface area (Å²) < 4.78 is 14.9. The Morgan fingerprint density at radius 2 is 1.88 bits per heavy atom. The standard InChI is InChI=1S/C25H34O7/c1-5-6-7-8-9-10-12-20-17-23(32-19(3)27)25(29)22(20)14-11-13-21(31-18(2)26)15-16-24(28)30-4/h9-11,13-14,17,21,23H,5-8,12,15-16H2,1-4H3/b10-9-,13-11+,22-14-/t21-,23+/m0/s1. The van der Waals surface area contributed by atoms with Gasteiger partial charge in [0.2, 0.25) is 5.78 Å². The number of rotatable bonds is 13. The van der Waals surface area contributed by atoms with E-state index in [2.05, 4.69) is 17.7 Å². The number of carbonyl (C=O) groups is 4. The monoisotopic (exact) mass is 446 g/mol. The first-order valence-corrected chi connectivity index (χ1v) is 11.0. The Balaban J connectivity index is 2.94. The number of methoxy groups -OCH3 is 1. The van der Waals surface area contributed by atoms with Crippen LogP contribution in [0.2, 0.25) is 0 Å². The van der Waals surface area contributed by atoms with Gasteiger partial charge in [0.1, 0.15) is 6.10 Å². The van der Waals surface area contributed by atoms with Crippen LogP contribution in [0.5, 0.6) is 0 Å². The zero-order valence-electron chi connectivity index (χ0n) is 19.4. The molecule has 7 nitrogen and oxygen atoms in total. The van der Waals surface area contributed by atoms with Gasteiger partial charge >= 0.3 is 17.9 Å². The number of hydrogen-bond donors (Lipinski definition) is 0. The van der Waals surface area contributed by atoms with Crippen LogP contribution in [-0.2, 0) is 33.4 Å². The summed E-state index contributed by atoms with van der Waals surface area (Å²) in [6, 6.07) is 0. The Labute approximate surface area is 190 Å². The van der Waals surface area contributed by atoms with Crippen molar-refractivity contribution in [3.05, 3.63) is 47.6 Å². The summed E-state index contributed by atoms with van der Waals surface area (Å²) >= 11 is 0. The lowest BCUT2D eigenvalue weighted by atomic mass is 10.0. The van der Waals surface area contributed by atoms with Gasteiger partial charge in [-0.05, 0) is 43.4 Å². The zero-order chi connectivity index (χ0) is 23.9. The van der Waals surface area contributed by atoms with Gasteiger partial charge in [0.05, 0.1) is 7.11 Å². The molecule has 0 saturated heterocycles. The molecule has 0 aromatic carbocycles. The summed E-state index contributed by atoms with van der Waals surface area (Å²) in [5.41, 5.74) is 1.22. The smallest absolute Gasteiger partial charge is 0.305 e. The molecule has 0 bridgehead atoms. The first-order valence-electron chi connectivity index (χ1n) is 11.0. The lowest BCUT2D eigenvalue weighted by molar-refractivity contribution is -0.148. The van der Waals surface area contributed by atoms with Gasteiger partial charge in [0.25, 0.3) is 0 Å². The maximum Gasteiger partial charge on any atom is 0.305 e. The van der Waals surface area contributed by atoms with Gasteiger partial charge in [-0.3, -0.25) is 19.2 Å². The van der Waals surface area contributed by atoms with Crippen molar-refractivity contribution in [3.8, 4) is 0 Å². The molecule has 0 aromatic rings. The fourth-order valence-corrected chi connectivity index (χ4v) is 3.18. The molecule has 32 heavy (non-hydrogen) atoms. The number of hydrogen-bond acceptors (Lipinski definition) is 7. The van der Waals surface area contributed by atoms with E-state index < -0.39 is 30.1 Å². The van der Waals surface area contributed by atoms with Crippen LogP contribution in [0.4, 0.5) is 0 Å². The van der Waals surface area contributed by atoms with Crippen molar-refractivity contribution in [2.45, 2.75) is 77.9 Å². The van der Waals surface area contributed by atoms with E-state index in [4.69, 9.17) is 9.47 Å². The average molecular weight is 447 g/mol. The molecule has 1 aliphatic carbocycles. The Hall–Kier alpha value is -2.96. The van der Waals surface area contributed by atoms with E-state index in [-0.39, 0.29) is 18.6 Å². The molecular formula is C25H34O7. The van der Waals surface area contributed by atoms with Gasteiger partial charge in [-0.25, -0.2) is 0 Å². The summed E-state index contributed by atoms with van der Waals surface area (Å²) in [6.45, 7) is 4.70. The van der Waals surface area contributed by atoms with E-state index in [9.17, 15) is 19.2 Å². The van der Waals surface area contributed by atoms with Crippen molar-refractivity contribution >= 4 is 23.7 Å². The number of Topliss-reactive ketones (excluding diaryl/α,β-unsaturated/α-hetero) is 1. The Morgan fingerprint density at radius 3 is 2.50 bits per heavy atom. The molecule has 1 aliphatic rings. The van der Waals surface area contributed by atoms with Gasteiger partial charge in [-0.15, -0.1) is 0 Å². The molecule has 7 heteroatoms. The van der Waals surface area contributed by atoms with E-state index in [0.29, 0.717) is 12.0 Å². The Morgan fingerprint density at radius 1 is 1.12 bits per heavy atom. The molecule has 0 radical (unpaired) electrons. The molecule has 0 saturated carbocycles. The second kappa shape index (κ2) is 14.9. The molecule has 0 spiro atoms. The number of esters is 3. The summed E-state index contributed by atoms with van der Waals surface area (Å²) in [4.78, 5) is 46.8. The third-order valence-electron chi connectivity index (χ3n) is 4.76. The molecule has 176 valence electrons. The predicted molar refractivity (Wildman–Crippen MR) is 121 cm³/mol. The SMILES string of the molecule is CCCCC/C=C\CC1=C[C@@H](OC(C)=O)C(=O)/C1=C\C=C\[C@@H](CCC(=O)OC)OC(C)=O. The van der Waals surface area contributed by atoms with Gasteiger partial charge < -0.3 is 14.2 Å². The van der Waals surface area contributed by atoms with Gasteiger partial charge in [-0.1, -0.05) is 44.1 Å². The van der Waals surface area contributed by atoms with E-state index >= 15 is 0 Å². The highest BCUT2D eigenvalue weighted by molar-refractivity contribution is 6.08. The second-order valence-corrected chi connectivity index (χ2v) is 7.49. The molecule has 0 heterocycles. The number of unbranched alkanes of at least 4 members (excludes halogenated alkanes) is 3. The first-order chi connectivity index (χ1) is 15.3. The van der Waals surface area contributed by atoms with Crippen LogP contribution in [0.25, 0.3) is 0 Å². The molecular weight excluding hydrogens is 412 g/mol. The number of carbonyl (C=O) groups excluding carboxylic acids is 4. The van der Waals surface area contributed by atoms with Gasteiger partial charge in [0.15, 0.2) is 6.10 Å². The first kappa shape index (κ1) is 27.1. The highest BCUT2D eigenvalue weighted by Gasteiger charge is 2.31. The van der Waals surface area contributed by atoms with Crippen LogP contribution in [0.1, 0.15) is 65.7 Å². The third kappa shape index (κ3) is 10.4. The van der Waals surface area contributed by atoms with Gasteiger partial charge in [0, 0.05) is 25.8 Å². The van der Waals surface area contributed by atoms with Crippen molar-refractivity contribution in [2.24, 2.45) is 0 Å². The topological polar surface area (TPSA) is 96.0 Å². The van der Waals surface area contributed by atoms with Crippen LogP contribution < -0.4 is 0 Å². The summed E-state index contributed by atoms with van der Waals surface area (Å²) in [5, 5.41) is 0. The molecule has 0 fully saturated rings. The summed E-state index contributed by atoms with van der Waals surface area (Å²) in [5.74, 6) is -1.70. The molecule has 0 unspecified atom stereocenters. The largest absolute Gasteiger partial charge is 0.469 e. The maximum absolute atomic E-state index is 12.7. The molecule has 2 atom stereocenters. The second-order valence-electron chi connectivity index (χ2n) is 7.49. The highest BCUT2D eigenvalue weighted by atomic mass is 16.5. The third-order valence-corrected chi connectivity index (χ3v) is 4.76. The molecule has 1 rings (SSSR count). The van der Waals surface area contributed by atoms with Crippen LogP contribution in [-0.4, -0.2) is 43.0 Å². The van der Waals surface area contributed by atoms with E-state index in [1.807, 2.05) is 6.08 Å². The van der Waals surface area contributed by atoms with Crippen molar-refractivity contribution in [1.29, 1.82) is 0 Å². The number of ketones is 1. The zero-order valence-corrected chi connectivity index (χ0v) is 19.4. The highest BCUT2D eigenvalue weighted by Crippen LogP contribution is 2.27. The summed E-state index contributed by atoms with van der Waals surface area (Å²) in [7, 11) is 1.29. The Bertz CT molecular complexity index is 786. The van der Waals surface area contributed by atoms with Crippen LogP contribution in [0.3, 0.4) is 0 Å². The lowest BCUT2D eigenvalue weighted by Gasteiger charge is -2.12. The van der Waals surface area contributed by atoms with Crippen molar-refractivity contribution in [1.82, 2.24) is 0 Å². The fourth-order valence-electron chi connectivity index (χ4n) is 3.18. The van der Waals surface area contributed by atoms with Crippen LogP contribution in [0.15, 0.2) is 47.6 Å². The van der Waals surface area contributed by atoms with Gasteiger partial charge in [-0.2, -0.15) is 0 Å². The molecule has 0 N–H and O–H groups in total. The van der Waals surface area contributed by atoms with Crippen molar-refractivity contribution in [2.75, 3.05) is 7.11 Å². The quantitative estimate of drug-likeness (QED) is 0.137. The molecule has 0 amide bonds. The van der Waals surface area contributed by atoms with Crippen molar-refractivity contribution < 1.29 is 33.4 Å².